The highest BCUT2D eigenvalue weighted by molar-refractivity contribution is 5.94. The fourth-order valence-corrected chi connectivity index (χ4v) is 3.68. The van der Waals surface area contributed by atoms with Crippen molar-refractivity contribution in [3.05, 3.63) is 59.7 Å². The van der Waals surface area contributed by atoms with E-state index < -0.39 is 6.04 Å². The van der Waals surface area contributed by atoms with Gasteiger partial charge in [0.1, 0.15) is 6.04 Å². The molecule has 150 valence electrons. The topological polar surface area (TPSA) is 102 Å². The summed E-state index contributed by atoms with van der Waals surface area (Å²) in [4.78, 5) is 15.3. The molecule has 0 spiro atoms. The van der Waals surface area contributed by atoms with Crippen LogP contribution in [0.4, 0.5) is 5.69 Å². The molecule has 1 fully saturated rings. The number of hydrazine groups is 1. The van der Waals surface area contributed by atoms with Crippen LogP contribution in [0.5, 0.6) is 5.88 Å². The van der Waals surface area contributed by atoms with Crippen LogP contribution in [-0.2, 0) is 11.2 Å². The average molecular weight is 391 g/mol. The first kappa shape index (κ1) is 19.3. The molecule has 4 rings (SSSR count). The lowest BCUT2D eigenvalue weighted by atomic mass is 9.97. The van der Waals surface area contributed by atoms with Crippen LogP contribution in [0.25, 0.3) is 10.9 Å². The zero-order valence-corrected chi connectivity index (χ0v) is 16.5. The Morgan fingerprint density at radius 2 is 1.90 bits per heavy atom. The first-order valence-electron chi connectivity index (χ1n) is 9.86. The van der Waals surface area contributed by atoms with Crippen molar-refractivity contribution in [2.24, 2.45) is 16.1 Å². The number of aromatic hydroxyl groups is 1. The van der Waals surface area contributed by atoms with Crippen LogP contribution in [0.15, 0.2) is 58.8 Å². The van der Waals surface area contributed by atoms with E-state index in [4.69, 9.17) is 0 Å². The summed E-state index contributed by atoms with van der Waals surface area (Å²) in [6.07, 6.45) is 1.64. The Labute approximate surface area is 169 Å². The fourth-order valence-electron chi connectivity index (χ4n) is 3.68. The zero-order valence-electron chi connectivity index (χ0n) is 16.5. The number of fused-ring (bicyclic) bond motifs is 1. The molecule has 1 saturated heterocycles. The van der Waals surface area contributed by atoms with E-state index in [0.717, 1.165) is 22.9 Å². The van der Waals surface area contributed by atoms with E-state index in [0.29, 0.717) is 12.3 Å². The molecule has 7 nitrogen and oxygen atoms in total. The van der Waals surface area contributed by atoms with Gasteiger partial charge in [-0.05, 0) is 36.0 Å². The minimum Gasteiger partial charge on any atom is -0.493 e. The van der Waals surface area contributed by atoms with Gasteiger partial charge in [-0.25, -0.2) is 10.9 Å². The van der Waals surface area contributed by atoms with Crippen molar-refractivity contribution in [3.63, 3.8) is 0 Å². The van der Waals surface area contributed by atoms with Gasteiger partial charge in [-0.3, -0.25) is 4.79 Å². The first-order valence-corrected chi connectivity index (χ1v) is 9.86. The third-order valence-electron chi connectivity index (χ3n) is 5.14. The van der Waals surface area contributed by atoms with Gasteiger partial charge in [-0.1, -0.05) is 56.3 Å². The van der Waals surface area contributed by atoms with Crippen molar-refractivity contribution in [3.8, 4) is 5.88 Å². The summed E-state index contributed by atoms with van der Waals surface area (Å²) >= 11 is 0. The lowest BCUT2D eigenvalue weighted by Gasteiger charge is -2.11. The molecule has 0 bridgehead atoms. The summed E-state index contributed by atoms with van der Waals surface area (Å²) in [6.45, 7) is 4.41. The molecular weight excluding hydrogens is 366 g/mol. The molecule has 1 aliphatic rings. The number of H-pyrrole nitrogens is 1. The van der Waals surface area contributed by atoms with Crippen LogP contribution in [0.2, 0.25) is 0 Å². The number of carbonyl (C=O) groups is 1. The molecule has 29 heavy (non-hydrogen) atoms. The third kappa shape index (κ3) is 4.21. The number of para-hydroxylation sites is 1. The number of benzene rings is 2. The lowest BCUT2D eigenvalue weighted by Crippen LogP contribution is -2.35. The summed E-state index contributed by atoms with van der Waals surface area (Å²) in [7, 11) is 0. The second-order valence-corrected chi connectivity index (χ2v) is 7.88. The molecule has 1 aromatic heterocycles. The van der Waals surface area contributed by atoms with E-state index in [1.54, 1.807) is 0 Å². The van der Waals surface area contributed by atoms with Gasteiger partial charge in [0.25, 0.3) is 5.91 Å². The first-order chi connectivity index (χ1) is 14.0. The number of rotatable bonds is 5. The maximum absolute atomic E-state index is 12.5. The highest BCUT2D eigenvalue weighted by atomic mass is 16.3. The van der Waals surface area contributed by atoms with Gasteiger partial charge >= 0.3 is 0 Å². The number of nitrogens with one attached hydrogen (secondary N) is 3. The molecule has 2 atom stereocenters. The number of carbonyl (C=O) groups excluding carboxylic acids is 1. The maximum Gasteiger partial charge on any atom is 0.282 e. The second kappa shape index (κ2) is 8.14. The van der Waals surface area contributed by atoms with Gasteiger partial charge in [0.05, 0.1) is 5.52 Å². The predicted molar refractivity (Wildman–Crippen MR) is 112 cm³/mol. The SMILES string of the molecule is CC(C)Cc1ccc(C2CC(C(=O)N=Nc3c(O)[nH]c4ccccc34)NN2)cc1. The molecule has 1 amide bonds. The van der Waals surface area contributed by atoms with E-state index >= 15 is 0 Å². The molecular formula is C22H25N5O2. The largest absolute Gasteiger partial charge is 0.493 e. The minimum atomic E-state index is -0.466. The minimum absolute atomic E-state index is 0.0359. The Hall–Kier alpha value is -3.03. The van der Waals surface area contributed by atoms with E-state index in [2.05, 4.69) is 64.2 Å². The summed E-state index contributed by atoms with van der Waals surface area (Å²) in [5.41, 5.74) is 9.64. The Kier molecular flexibility index (Phi) is 5.42. The average Bonchev–Trinajstić information content (AvgIpc) is 3.31. The highest BCUT2D eigenvalue weighted by Crippen LogP contribution is 2.35. The monoisotopic (exact) mass is 391 g/mol. The van der Waals surface area contributed by atoms with Crippen LogP contribution in [0, 0.1) is 5.92 Å². The number of aromatic amines is 1. The number of aromatic nitrogens is 1. The molecule has 0 aliphatic carbocycles. The number of hydrogen-bond acceptors (Lipinski definition) is 5. The summed E-state index contributed by atoms with van der Waals surface area (Å²) in [5, 5.41) is 18.6. The van der Waals surface area contributed by atoms with Gasteiger partial charge in [-0.2, -0.15) is 0 Å². The van der Waals surface area contributed by atoms with Crippen LogP contribution >= 0.6 is 0 Å². The van der Waals surface area contributed by atoms with Crippen molar-refractivity contribution in [1.82, 2.24) is 15.8 Å². The van der Waals surface area contributed by atoms with Crippen LogP contribution in [-0.4, -0.2) is 22.0 Å². The molecule has 2 heterocycles. The fraction of sp³-hybridized carbons (Fsp3) is 0.318. The third-order valence-corrected chi connectivity index (χ3v) is 5.14. The number of hydrogen-bond donors (Lipinski definition) is 4. The van der Waals surface area contributed by atoms with Gasteiger partial charge in [0.15, 0.2) is 5.69 Å². The molecule has 4 N–H and O–H groups in total. The summed E-state index contributed by atoms with van der Waals surface area (Å²) in [5.74, 6) is 0.150. The molecule has 2 unspecified atom stereocenters. The van der Waals surface area contributed by atoms with Crippen molar-refractivity contribution in [2.75, 3.05) is 0 Å². The van der Waals surface area contributed by atoms with E-state index in [-0.39, 0.29) is 23.5 Å². The molecule has 0 saturated carbocycles. The zero-order chi connectivity index (χ0) is 20.4. The second-order valence-electron chi connectivity index (χ2n) is 7.88. The summed E-state index contributed by atoms with van der Waals surface area (Å²) in [6, 6.07) is 15.4. The highest BCUT2D eigenvalue weighted by Gasteiger charge is 2.30. The van der Waals surface area contributed by atoms with Crippen molar-refractivity contribution >= 4 is 22.5 Å². The number of nitrogens with zero attached hydrogens (tertiary/aromatic N) is 2. The number of amides is 1. The van der Waals surface area contributed by atoms with Gasteiger partial charge in [0, 0.05) is 11.4 Å². The van der Waals surface area contributed by atoms with Gasteiger partial charge in [0.2, 0.25) is 5.88 Å². The van der Waals surface area contributed by atoms with Crippen molar-refractivity contribution < 1.29 is 9.90 Å². The number of azo groups is 1. The van der Waals surface area contributed by atoms with Gasteiger partial charge < -0.3 is 10.1 Å². The standard InChI is InChI=1S/C22H25N5O2/c1-13(2)11-14-7-9-15(10-8-14)18-12-19(25-24-18)21(28)27-26-20-16-5-3-4-6-17(16)23-22(20)29/h3-10,13,18-19,23-25,29H,11-12H2,1-2H3. The molecule has 2 aromatic carbocycles. The quantitative estimate of drug-likeness (QED) is 0.487. The van der Waals surface area contributed by atoms with Crippen molar-refractivity contribution in [2.45, 2.75) is 38.8 Å². The Morgan fingerprint density at radius 3 is 2.66 bits per heavy atom. The van der Waals surface area contributed by atoms with Crippen molar-refractivity contribution in [1.29, 1.82) is 0 Å². The predicted octanol–water partition coefficient (Wildman–Crippen LogP) is 4.29. The smallest absolute Gasteiger partial charge is 0.282 e. The maximum atomic E-state index is 12.5. The molecule has 7 heteroatoms. The van der Waals surface area contributed by atoms with Crippen LogP contribution in [0.3, 0.4) is 0 Å². The summed E-state index contributed by atoms with van der Waals surface area (Å²) < 4.78 is 0. The Morgan fingerprint density at radius 1 is 1.14 bits per heavy atom. The van der Waals surface area contributed by atoms with Crippen LogP contribution in [0.1, 0.15) is 37.4 Å². The van der Waals surface area contributed by atoms with E-state index in [1.165, 1.54) is 5.56 Å². The van der Waals surface area contributed by atoms with E-state index in [1.807, 2.05) is 24.3 Å². The Balaban J connectivity index is 1.41. The molecule has 0 radical (unpaired) electrons. The van der Waals surface area contributed by atoms with Gasteiger partial charge in [-0.15, -0.1) is 10.2 Å². The normalized spacial score (nSPS) is 19.6. The molecule has 3 aromatic rings. The Bertz CT molecular complexity index is 1040. The molecule has 1 aliphatic heterocycles. The lowest BCUT2D eigenvalue weighted by molar-refractivity contribution is -0.120. The van der Waals surface area contributed by atoms with Crippen LogP contribution < -0.4 is 10.9 Å². The van der Waals surface area contributed by atoms with E-state index in [9.17, 15) is 9.90 Å².